The van der Waals surface area contributed by atoms with Crippen LogP contribution in [0.1, 0.15) is 22.8 Å². The van der Waals surface area contributed by atoms with Gasteiger partial charge in [-0.05, 0) is 31.2 Å². The summed E-state index contributed by atoms with van der Waals surface area (Å²) in [7, 11) is 0. The third kappa shape index (κ3) is 4.31. The van der Waals surface area contributed by atoms with Crippen molar-refractivity contribution in [3.8, 4) is 6.07 Å². The molecule has 1 N–H and O–H groups in total. The molecule has 0 heterocycles. The first kappa shape index (κ1) is 18.4. The number of benzene rings is 2. The van der Waals surface area contributed by atoms with E-state index in [1.54, 1.807) is 12.1 Å². The van der Waals surface area contributed by atoms with E-state index < -0.39 is 35.2 Å². The summed E-state index contributed by atoms with van der Waals surface area (Å²) in [5, 5.41) is 11.1. The number of esters is 1. The van der Waals surface area contributed by atoms with Gasteiger partial charge in [-0.2, -0.15) is 5.26 Å². The summed E-state index contributed by atoms with van der Waals surface area (Å²) >= 11 is 5.68. The van der Waals surface area contributed by atoms with Gasteiger partial charge >= 0.3 is 5.97 Å². The van der Waals surface area contributed by atoms with Crippen LogP contribution in [0.5, 0.6) is 0 Å². The first-order valence-corrected chi connectivity index (χ1v) is 7.36. The van der Waals surface area contributed by atoms with Gasteiger partial charge in [-0.25, -0.2) is 13.6 Å². The van der Waals surface area contributed by atoms with E-state index >= 15 is 0 Å². The second kappa shape index (κ2) is 7.73. The highest BCUT2D eigenvalue weighted by Gasteiger charge is 2.22. The predicted molar refractivity (Wildman–Crippen MR) is 86.0 cm³/mol. The Morgan fingerprint density at radius 1 is 1.24 bits per heavy atom. The molecule has 0 unspecified atom stereocenters. The standard InChI is InChI=1S/C17H11ClF2N2O3/c1-9(16(23)22-15-5-3-2-4-10(15)8-21)25-17(24)11-6-13(19)14(20)7-12(11)18/h2-7,9H,1H3,(H,22,23)/t9-/m1/s1. The first-order chi connectivity index (χ1) is 11.8. The average molecular weight is 365 g/mol. The van der Waals surface area contributed by atoms with E-state index in [1.165, 1.54) is 19.1 Å². The molecule has 0 bridgehead atoms. The van der Waals surface area contributed by atoms with Crippen molar-refractivity contribution in [3.63, 3.8) is 0 Å². The molecule has 0 aliphatic rings. The van der Waals surface area contributed by atoms with E-state index in [4.69, 9.17) is 21.6 Å². The van der Waals surface area contributed by atoms with Gasteiger partial charge in [0.05, 0.1) is 21.8 Å². The molecule has 0 fully saturated rings. The van der Waals surface area contributed by atoms with E-state index in [0.29, 0.717) is 12.1 Å². The van der Waals surface area contributed by atoms with Crippen LogP contribution in [0.3, 0.4) is 0 Å². The zero-order chi connectivity index (χ0) is 18.6. The number of amides is 1. The van der Waals surface area contributed by atoms with Crippen molar-refractivity contribution >= 4 is 29.2 Å². The van der Waals surface area contributed by atoms with Gasteiger partial charge in [0.2, 0.25) is 0 Å². The van der Waals surface area contributed by atoms with Crippen molar-refractivity contribution < 1.29 is 23.1 Å². The van der Waals surface area contributed by atoms with Gasteiger partial charge < -0.3 is 10.1 Å². The average Bonchev–Trinajstić information content (AvgIpc) is 2.58. The third-order valence-corrected chi connectivity index (χ3v) is 3.50. The molecule has 0 aliphatic carbocycles. The Bertz CT molecular complexity index is 881. The minimum atomic E-state index is -1.27. The van der Waals surface area contributed by atoms with Gasteiger partial charge in [-0.1, -0.05) is 23.7 Å². The monoisotopic (exact) mass is 364 g/mol. The predicted octanol–water partition coefficient (Wildman–Crippen LogP) is 3.67. The maximum absolute atomic E-state index is 13.2. The Morgan fingerprint density at radius 3 is 2.56 bits per heavy atom. The minimum Gasteiger partial charge on any atom is -0.449 e. The van der Waals surface area contributed by atoms with Crippen LogP contribution in [0.25, 0.3) is 0 Å². The van der Waals surface area contributed by atoms with Crippen LogP contribution in [0, 0.1) is 23.0 Å². The second-order valence-corrected chi connectivity index (χ2v) is 5.35. The summed E-state index contributed by atoms with van der Waals surface area (Å²) in [6.45, 7) is 1.29. The molecule has 0 aromatic heterocycles. The lowest BCUT2D eigenvalue weighted by Crippen LogP contribution is -2.30. The highest BCUT2D eigenvalue weighted by Crippen LogP contribution is 2.21. The van der Waals surface area contributed by atoms with Crippen LogP contribution in [0.15, 0.2) is 36.4 Å². The highest BCUT2D eigenvalue weighted by molar-refractivity contribution is 6.33. The van der Waals surface area contributed by atoms with Crippen molar-refractivity contribution in [1.29, 1.82) is 5.26 Å². The quantitative estimate of drug-likeness (QED) is 0.663. The molecular weight excluding hydrogens is 354 g/mol. The smallest absolute Gasteiger partial charge is 0.340 e. The van der Waals surface area contributed by atoms with Crippen molar-refractivity contribution in [2.75, 3.05) is 5.32 Å². The Kier molecular flexibility index (Phi) is 5.67. The molecule has 1 atom stereocenters. The number of halogens is 3. The number of hydrogen-bond acceptors (Lipinski definition) is 4. The number of carbonyl (C=O) groups is 2. The number of para-hydroxylation sites is 1. The van der Waals surface area contributed by atoms with Crippen molar-refractivity contribution in [2.24, 2.45) is 0 Å². The molecule has 2 rings (SSSR count). The number of nitrogens with zero attached hydrogens (tertiary/aromatic N) is 1. The second-order valence-electron chi connectivity index (χ2n) is 4.94. The zero-order valence-electron chi connectivity index (χ0n) is 12.8. The van der Waals surface area contributed by atoms with Gasteiger partial charge in [-0.3, -0.25) is 4.79 Å². The number of nitriles is 1. The first-order valence-electron chi connectivity index (χ1n) is 6.99. The largest absolute Gasteiger partial charge is 0.449 e. The maximum Gasteiger partial charge on any atom is 0.340 e. The zero-order valence-corrected chi connectivity index (χ0v) is 13.6. The molecule has 25 heavy (non-hydrogen) atoms. The Morgan fingerprint density at radius 2 is 1.88 bits per heavy atom. The number of ether oxygens (including phenoxy) is 1. The molecule has 0 spiro atoms. The van der Waals surface area contributed by atoms with Crippen LogP contribution >= 0.6 is 11.6 Å². The summed E-state index contributed by atoms with van der Waals surface area (Å²) in [6.07, 6.45) is -1.26. The summed E-state index contributed by atoms with van der Waals surface area (Å²) in [5.74, 6) is -4.26. The molecule has 0 radical (unpaired) electrons. The van der Waals surface area contributed by atoms with Crippen LogP contribution in [0.4, 0.5) is 14.5 Å². The van der Waals surface area contributed by atoms with E-state index in [9.17, 15) is 18.4 Å². The van der Waals surface area contributed by atoms with E-state index in [1.807, 2.05) is 6.07 Å². The minimum absolute atomic E-state index is 0.234. The normalized spacial score (nSPS) is 11.3. The van der Waals surface area contributed by atoms with Crippen molar-refractivity contribution in [2.45, 2.75) is 13.0 Å². The number of rotatable bonds is 4. The van der Waals surface area contributed by atoms with Gasteiger partial charge in [0.1, 0.15) is 6.07 Å². The maximum atomic E-state index is 13.2. The number of anilines is 1. The van der Waals surface area contributed by atoms with Crippen LogP contribution < -0.4 is 5.32 Å². The van der Waals surface area contributed by atoms with Crippen molar-refractivity contribution in [1.82, 2.24) is 0 Å². The molecule has 2 aromatic carbocycles. The van der Waals surface area contributed by atoms with E-state index in [-0.39, 0.29) is 16.3 Å². The molecular formula is C17H11ClF2N2O3. The number of nitrogens with one attached hydrogen (secondary N) is 1. The molecule has 1 amide bonds. The SMILES string of the molecule is C[C@@H](OC(=O)c1cc(F)c(F)cc1Cl)C(=O)Nc1ccccc1C#N. The molecule has 5 nitrogen and oxygen atoms in total. The third-order valence-electron chi connectivity index (χ3n) is 3.19. The van der Waals surface area contributed by atoms with Gasteiger partial charge in [0, 0.05) is 0 Å². The van der Waals surface area contributed by atoms with Crippen molar-refractivity contribution in [3.05, 3.63) is 64.2 Å². The topological polar surface area (TPSA) is 79.2 Å². The Balaban J connectivity index is 2.10. The van der Waals surface area contributed by atoms with Gasteiger partial charge in [0.25, 0.3) is 5.91 Å². The highest BCUT2D eigenvalue weighted by atomic mass is 35.5. The Hall–Kier alpha value is -2.98. The molecule has 0 aliphatic heterocycles. The van der Waals surface area contributed by atoms with Gasteiger partial charge in [0.15, 0.2) is 17.7 Å². The fourth-order valence-electron chi connectivity index (χ4n) is 1.88. The fraction of sp³-hybridized carbons (Fsp3) is 0.118. The van der Waals surface area contributed by atoms with Crippen LogP contribution in [-0.2, 0) is 9.53 Å². The lowest BCUT2D eigenvalue weighted by Gasteiger charge is -2.14. The molecule has 128 valence electrons. The lowest BCUT2D eigenvalue weighted by molar-refractivity contribution is -0.123. The van der Waals surface area contributed by atoms with E-state index in [2.05, 4.69) is 5.32 Å². The number of hydrogen-bond donors (Lipinski definition) is 1. The molecule has 0 saturated heterocycles. The van der Waals surface area contributed by atoms with E-state index in [0.717, 1.165) is 0 Å². The summed E-state index contributed by atoms with van der Waals surface area (Å²) in [5.41, 5.74) is 0.0828. The van der Waals surface area contributed by atoms with Gasteiger partial charge in [-0.15, -0.1) is 0 Å². The summed E-state index contributed by atoms with van der Waals surface area (Å²) in [4.78, 5) is 24.1. The summed E-state index contributed by atoms with van der Waals surface area (Å²) < 4.78 is 31.2. The molecule has 0 saturated carbocycles. The number of carbonyl (C=O) groups excluding carboxylic acids is 2. The lowest BCUT2D eigenvalue weighted by atomic mass is 10.2. The molecule has 8 heteroatoms. The summed E-state index contributed by atoms with van der Waals surface area (Å²) in [6, 6.07) is 9.41. The molecule has 2 aromatic rings. The van der Waals surface area contributed by atoms with Crippen LogP contribution in [0.2, 0.25) is 5.02 Å². The fourth-order valence-corrected chi connectivity index (χ4v) is 2.11. The van der Waals surface area contributed by atoms with Crippen LogP contribution in [-0.4, -0.2) is 18.0 Å². The Labute approximate surface area is 146 Å².